The van der Waals surface area contributed by atoms with Crippen molar-refractivity contribution in [3.63, 3.8) is 0 Å². The summed E-state index contributed by atoms with van der Waals surface area (Å²) < 4.78 is 1.91. The van der Waals surface area contributed by atoms with Gasteiger partial charge in [0, 0.05) is 24.3 Å². The number of fused-ring (bicyclic) bond motifs is 1. The van der Waals surface area contributed by atoms with Crippen molar-refractivity contribution in [2.45, 2.75) is 26.7 Å². The quantitative estimate of drug-likeness (QED) is 0.649. The van der Waals surface area contributed by atoms with E-state index in [4.69, 9.17) is 4.84 Å². The van der Waals surface area contributed by atoms with Crippen LogP contribution >= 0.6 is 0 Å². The average Bonchev–Trinajstić information content (AvgIpc) is 3.42. The second-order valence-electron chi connectivity index (χ2n) is 7.29. The summed E-state index contributed by atoms with van der Waals surface area (Å²) in [5.41, 5.74) is 7.16. The molecular weight excluding hydrogens is 340 g/mol. The van der Waals surface area contributed by atoms with Crippen molar-refractivity contribution < 1.29 is 9.63 Å². The number of pyridine rings is 1. The van der Waals surface area contributed by atoms with E-state index in [-0.39, 0.29) is 5.91 Å². The predicted octanol–water partition coefficient (Wildman–Crippen LogP) is 4.01. The lowest BCUT2D eigenvalue weighted by Gasteiger charge is -2.13. The number of amides is 1. The molecule has 1 aliphatic carbocycles. The molecular formula is C21H24N4O2. The average molecular weight is 364 g/mol. The summed E-state index contributed by atoms with van der Waals surface area (Å²) in [5.74, 6) is 1.01. The molecule has 0 aliphatic heterocycles. The highest BCUT2D eigenvalue weighted by molar-refractivity contribution is 6.11. The number of hydroxylamine groups is 1. The van der Waals surface area contributed by atoms with Crippen LogP contribution < -0.4 is 10.8 Å². The molecule has 2 N–H and O–H groups in total. The Kier molecular flexibility index (Phi) is 4.58. The number of aromatic nitrogens is 2. The van der Waals surface area contributed by atoms with Gasteiger partial charge >= 0.3 is 0 Å². The van der Waals surface area contributed by atoms with E-state index in [2.05, 4.69) is 41.8 Å². The molecule has 0 bridgehead atoms. The molecule has 3 aromatic rings. The fourth-order valence-corrected chi connectivity index (χ4v) is 3.28. The van der Waals surface area contributed by atoms with Gasteiger partial charge in [0.15, 0.2) is 0 Å². The molecule has 4 rings (SSSR count). The fourth-order valence-electron chi connectivity index (χ4n) is 3.28. The maximum atomic E-state index is 12.9. The second-order valence-corrected chi connectivity index (χ2v) is 7.29. The van der Waals surface area contributed by atoms with E-state index in [9.17, 15) is 4.79 Å². The first-order valence-electron chi connectivity index (χ1n) is 9.24. The molecule has 1 aromatic carbocycles. The minimum absolute atomic E-state index is 0.262. The first-order chi connectivity index (χ1) is 13.0. The summed E-state index contributed by atoms with van der Waals surface area (Å²) in [7, 11) is 1.91. The molecule has 140 valence electrons. The van der Waals surface area contributed by atoms with Gasteiger partial charge in [-0.25, -0.2) is 10.5 Å². The molecule has 1 amide bonds. The number of carbonyl (C=O) groups excluding carboxylic acids is 1. The Morgan fingerprint density at radius 3 is 2.85 bits per heavy atom. The van der Waals surface area contributed by atoms with E-state index in [0.29, 0.717) is 23.9 Å². The zero-order chi connectivity index (χ0) is 19.0. The zero-order valence-corrected chi connectivity index (χ0v) is 15.9. The highest BCUT2D eigenvalue weighted by Crippen LogP contribution is 2.32. The van der Waals surface area contributed by atoms with Gasteiger partial charge in [-0.15, -0.1) is 0 Å². The van der Waals surface area contributed by atoms with Gasteiger partial charge in [-0.05, 0) is 56.4 Å². The van der Waals surface area contributed by atoms with E-state index in [0.717, 1.165) is 22.3 Å². The molecule has 1 fully saturated rings. The van der Waals surface area contributed by atoms with E-state index in [1.54, 1.807) is 6.20 Å². The number of nitrogens with one attached hydrogen (secondary N) is 2. The molecule has 1 saturated carbocycles. The number of rotatable bonds is 6. The number of carbonyl (C=O) groups is 1. The van der Waals surface area contributed by atoms with Crippen molar-refractivity contribution in [3.8, 4) is 0 Å². The van der Waals surface area contributed by atoms with E-state index < -0.39 is 0 Å². The van der Waals surface area contributed by atoms with Crippen molar-refractivity contribution in [1.29, 1.82) is 0 Å². The van der Waals surface area contributed by atoms with Crippen LogP contribution in [0.25, 0.3) is 11.0 Å². The molecule has 27 heavy (non-hydrogen) atoms. The zero-order valence-electron chi connectivity index (χ0n) is 15.9. The topological polar surface area (TPSA) is 68.2 Å². The first kappa shape index (κ1) is 17.5. The molecule has 6 heteroatoms. The van der Waals surface area contributed by atoms with Gasteiger partial charge in [0.05, 0.1) is 12.2 Å². The van der Waals surface area contributed by atoms with E-state index >= 15 is 0 Å². The number of anilines is 2. The Balaban J connectivity index is 1.71. The van der Waals surface area contributed by atoms with Crippen LogP contribution in [0.2, 0.25) is 0 Å². The summed E-state index contributed by atoms with van der Waals surface area (Å²) in [6.45, 7) is 4.68. The minimum Gasteiger partial charge on any atom is -0.341 e. The van der Waals surface area contributed by atoms with Gasteiger partial charge in [0.1, 0.15) is 11.5 Å². The number of hydrogen-bond donors (Lipinski definition) is 2. The number of hydrogen-bond acceptors (Lipinski definition) is 4. The SMILES string of the molecule is Cc1ccc(Nc2c(C(=O)NOCC3CC3)c3cccnc3n2C)c(C)c1. The van der Waals surface area contributed by atoms with Gasteiger partial charge in [-0.1, -0.05) is 17.7 Å². The minimum atomic E-state index is -0.262. The van der Waals surface area contributed by atoms with Crippen LogP contribution in [0.3, 0.4) is 0 Å². The number of aryl methyl sites for hydroxylation is 3. The van der Waals surface area contributed by atoms with Crippen LogP contribution in [-0.4, -0.2) is 22.1 Å². The maximum absolute atomic E-state index is 12.9. The summed E-state index contributed by atoms with van der Waals surface area (Å²) in [6, 6.07) is 9.94. The van der Waals surface area contributed by atoms with Crippen LogP contribution in [0.4, 0.5) is 11.5 Å². The normalized spacial score (nSPS) is 13.7. The highest BCUT2D eigenvalue weighted by atomic mass is 16.7. The maximum Gasteiger partial charge on any atom is 0.279 e. The summed E-state index contributed by atoms with van der Waals surface area (Å²) in [4.78, 5) is 22.8. The molecule has 6 nitrogen and oxygen atoms in total. The Bertz CT molecular complexity index is 1000. The Morgan fingerprint density at radius 1 is 1.30 bits per heavy atom. The van der Waals surface area contributed by atoms with Crippen molar-refractivity contribution in [3.05, 3.63) is 53.2 Å². The summed E-state index contributed by atoms with van der Waals surface area (Å²) >= 11 is 0. The summed E-state index contributed by atoms with van der Waals surface area (Å²) in [6.07, 6.45) is 4.08. The largest absolute Gasteiger partial charge is 0.341 e. The van der Waals surface area contributed by atoms with E-state index in [1.165, 1.54) is 18.4 Å². The molecule has 0 atom stereocenters. The molecule has 0 unspecified atom stereocenters. The number of benzene rings is 1. The van der Waals surface area contributed by atoms with Gasteiger partial charge in [-0.2, -0.15) is 0 Å². The summed E-state index contributed by atoms with van der Waals surface area (Å²) in [5, 5.41) is 4.22. The molecule has 2 aromatic heterocycles. The second kappa shape index (κ2) is 7.04. The third kappa shape index (κ3) is 3.53. The van der Waals surface area contributed by atoms with Crippen LogP contribution in [0.1, 0.15) is 34.3 Å². The Hall–Kier alpha value is -2.86. The van der Waals surface area contributed by atoms with Crippen molar-refractivity contribution in [2.24, 2.45) is 13.0 Å². The third-order valence-corrected chi connectivity index (χ3v) is 4.99. The lowest BCUT2D eigenvalue weighted by Crippen LogP contribution is -2.25. The van der Waals surface area contributed by atoms with E-state index in [1.807, 2.05) is 29.8 Å². The van der Waals surface area contributed by atoms with Crippen molar-refractivity contribution in [2.75, 3.05) is 11.9 Å². The third-order valence-electron chi connectivity index (χ3n) is 4.99. The Morgan fingerprint density at radius 2 is 2.11 bits per heavy atom. The predicted molar refractivity (Wildman–Crippen MR) is 106 cm³/mol. The lowest BCUT2D eigenvalue weighted by molar-refractivity contribution is 0.0272. The first-order valence-corrected chi connectivity index (χ1v) is 9.24. The smallest absolute Gasteiger partial charge is 0.279 e. The molecule has 1 aliphatic rings. The fraction of sp³-hybridized carbons (Fsp3) is 0.333. The van der Waals surface area contributed by atoms with Crippen molar-refractivity contribution >= 4 is 28.4 Å². The van der Waals surface area contributed by atoms with Gasteiger partial charge in [0.25, 0.3) is 5.91 Å². The number of nitrogens with zero attached hydrogens (tertiary/aromatic N) is 2. The van der Waals surface area contributed by atoms with Crippen LogP contribution in [0.5, 0.6) is 0 Å². The van der Waals surface area contributed by atoms with Crippen LogP contribution in [0, 0.1) is 19.8 Å². The van der Waals surface area contributed by atoms with Gasteiger partial charge < -0.3 is 9.88 Å². The monoisotopic (exact) mass is 364 g/mol. The van der Waals surface area contributed by atoms with Gasteiger partial charge in [-0.3, -0.25) is 9.63 Å². The molecule has 0 spiro atoms. The highest BCUT2D eigenvalue weighted by Gasteiger charge is 2.25. The van der Waals surface area contributed by atoms with Crippen LogP contribution in [-0.2, 0) is 11.9 Å². The van der Waals surface area contributed by atoms with Crippen molar-refractivity contribution in [1.82, 2.24) is 15.0 Å². The molecule has 0 radical (unpaired) electrons. The lowest BCUT2D eigenvalue weighted by atomic mass is 10.1. The molecule has 0 saturated heterocycles. The standard InChI is InChI=1S/C21H24N4O2/c1-13-6-9-17(14(2)11-13)23-20-18(21(26)24-27-12-15-7-8-15)16-5-4-10-22-19(16)25(20)3/h4-6,9-11,15,23H,7-8,12H2,1-3H3,(H,24,26). The van der Waals surface area contributed by atoms with Crippen LogP contribution in [0.15, 0.2) is 36.5 Å². The Labute approximate surface area is 158 Å². The van der Waals surface area contributed by atoms with Gasteiger partial charge in [0.2, 0.25) is 0 Å². The molecule has 2 heterocycles.